The number of hydrogen-bond acceptors (Lipinski definition) is 3. The number of hydrogen-bond donors (Lipinski definition) is 0. The molecule has 32 heavy (non-hydrogen) atoms. The van der Waals surface area contributed by atoms with Gasteiger partial charge in [0.05, 0.1) is 10.1 Å². The number of aryl methyl sites for hydroxylation is 1. The summed E-state index contributed by atoms with van der Waals surface area (Å²) in [5.41, 5.74) is 4.09. The number of fused-ring (bicyclic) bond motifs is 2. The molecule has 1 amide bonds. The van der Waals surface area contributed by atoms with Crippen LogP contribution in [-0.2, 0) is 9.84 Å². The molecular weight excluding hydrogens is 418 g/mol. The molecule has 0 aliphatic carbocycles. The van der Waals surface area contributed by atoms with Crippen molar-refractivity contribution in [1.82, 2.24) is 4.90 Å². The van der Waals surface area contributed by atoms with E-state index in [-0.39, 0.29) is 18.0 Å². The molecule has 5 heteroatoms. The first-order valence-electron chi connectivity index (χ1n) is 11.2. The monoisotopic (exact) mass is 445 g/mol. The van der Waals surface area contributed by atoms with Crippen LogP contribution in [0.15, 0.2) is 83.8 Å². The SMILES string of the molecule is Cc1ccc(-c2ccc(C(=O)N3C4CCC3CC(S(=O)(=O)c3ccccc3)C4)cc2)cc1. The van der Waals surface area contributed by atoms with Crippen molar-refractivity contribution in [2.75, 3.05) is 0 Å². The third-order valence-electron chi connectivity index (χ3n) is 6.95. The molecule has 3 aromatic carbocycles. The Balaban J connectivity index is 1.33. The quantitative estimate of drug-likeness (QED) is 0.550. The highest BCUT2D eigenvalue weighted by Crippen LogP contribution is 2.40. The van der Waals surface area contributed by atoms with Crippen LogP contribution in [0.1, 0.15) is 41.6 Å². The molecule has 0 aromatic heterocycles. The smallest absolute Gasteiger partial charge is 0.254 e. The lowest BCUT2D eigenvalue weighted by molar-refractivity contribution is 0.0598. The zero-order valence-electron chi connectivity index (χ0n) is 18.1. The zero-order valence-corrected chi connectivity index (χ0v) is 19.0. The summed E-state index contributed by atoms with van der Waals surface area (Å²) in [7, 11) is -3.38. The first-order valence-corrected chi connectivity index (χ1v) is 12.8. The van der Waals surface area contributed by atoms with Gasteiger partial charge in [-0.2, -0.15) is 0 Å². The molecule has 164 valence electrons. The fourth-order valence-electron chi connectivity index (χ4n) is 5.22. The van der Waals surface area contributed by atoms with Crippen molar-refractivity contribution in [2.24, 2.45) is 0 Å². The van der Waals surface area contributed by atoms with E-state index in [1.165, 1.54) is 5.56 Å². The molecule has 2 aliphatic heterocycles. The van der Waals surface area contributed by atoms with Gasteiger partial charge in [0.15, 0.2) is 9.84 Å². The largest absolute Gasteiger partial charge is 0.333 e. The van der Waals surface area contributed by atoms with Crippen molar-refractivity contribution in [3.63, 3.8) is 0 Å². The average molecular weight is 446 g/mol. The van der Waals surface area contributed by atoms with Crippen molar-refractivity contribution in [3.8, 4) is 11.1 Å². The zero-order chi connectivity index (χ0) is 22.3. The number of amides is 1. The van der Waals surface area contributed by atoms with Crippen LogP contribution >= 0.6 is 0 Å². The second-order valence-electron chi connectivity index (χ2n) is 8.99. The van der Waals surface area contributed by atoms with Gasteiger partial charge in [0.2, 0.25) is 0 Å². The normalized spacial score (nSPS) is 22.7. The second-order valence-corrected chi connectivity index (χ2v) is 11.2. The van der Waals surface area contributed by atoms with Crippen LogP contribution in [0.3, 0.4) is 0 Å². The highest BCUT2D eigenvalue weighted by molar-refractivity contribution is 7.92. The molecule has 2 atom stereocenters. The van der Waals surface area contributed by atoms with Gasteiger partial charge in [-0.15, -0.1) is 0 Å². The third-order valence-corrected chi connectivity index (χ3v) is 9.14. The highest BCUT2D eigenvalue weighted by Gasteiger charge is 2.47. The van der Waals surface area contributed by atoms with E-state index < -0.39 is 15.1 Å². The van der Waals surface area contributed by atoms with E-state index in [4.69, 9.17) is 0 Å². The highest BCUT2D eigenvalue weighted by atomic mass is 32.2. The van der Waals surface area contributed by atoms with Crippen molar-refractivity contribution < 1.29 is 13.2 Å². The van der Waals surface area contributed by atoms with Gasteiger partial charge in [-0.05, 0) is 68.0 Å². The summed E-state index contributed by atoms with van der Waals surface area (Å²) >= 11 is 0. The van der Waals surface area contributed by atoms with Crippen LogP contribution < -0.4 is 0 Å². The lowest BCUT2D eigenvalue weighted by Gasteiger charge is -2.38. The van der Waals surface area contributed by atoms with Crippen LogP contribution in [-0.4, -0.2) is 36.6 Å². The summed E-state index contributed by atoms with van der Waals surface area (Å²) in [6.45, 7) is 2.06. The Labute approximate surface area is 189 Å². The Morgan fingerprint density at radius 2 is 1.31 bits per heavy atom. The van der Waals surface area contributed by atoms with Gasteiger partial charge in [-0.1, -0.05) is 60.2 Å². The molecule has 2 unspecified atom stereocenters. The summed E-state index contributed by atoms with van der Waals surface area (Å²) in [6, 6.07) is 24.8. The predicted octanol–water partition coefficient (Wildman–Crippen LogP) is 5.27. The van der Waals surface area contributed by atoms with Crippen molar-refractivity contribution in [2.45, 2.75) is 54.8 Å². The molecular formula is C27H27NO3S. The number of carbonyl (C=O) groups excluding carboxylic acids is 1. The van der Waals surface area contributed by atoms with E-state index >= 15 is 0 Å². The van der Waals surface area contributed by atoms with Gasteiger partial charge in [-0.25, -0.2) is 8.42 Å². The van der Waals surface area contributed by atoms with E-state index in [9.17, 15) is 13.2 Å². The fourth-order valence-corrected chi connectivity index (χ4v) is 7.09. The van der Waals surface area contributed by atoms with Crippen LogP contribution in [0.5, 0.6) is 0 Å². The minimum absolute atomic E-state index is 0.0125. The van der Waals surface area contributed by atoms with Gasteiger partial charge in [0.25, 0.3) is 5.91 Å². The number of benzene rings is 3. The maximum absolute atomic E-state index is 13.4. The molecule has 2 bridgehead atoms. The topological polar surface area (TPSA) is 54.5 Å². The molecule has 2 saturated heterocycles. The minimum atomic E-state index is -3.38. The number of rotatable bonds is 4. The van der Waals surface area contributed by atoms with Crippen LogP contribution in [0.4, 0.5) is 0 Å². The van der Waals surface area contributed by atoms with Gasteiger partial charge >= 0.3 is 0 Å². The Morgan fingerprint density at radius 3 is 1.88 bits per heavy atom. The average Bonchev–Trinajstić information content (AvgIpc) is 3.08. The standard InChI is InChI=1S/C27H27NO3S/c1-19-7-9-20(10-8-19)21-11-13-22(14-12-21)27(29)28-23-15-16-24(28)18-26(17-23)32(30,31)25-5-3-2-4-6-25/h2-14,23-24,26H,15-18H2,1H3. The maximum Gasteiger partial charge on any atom is 0.254 e. The number of nitrogens with zero attached hydrogens (tertiary/aromatic N) is 1. The second kappa shape index (κ2) is 8.21. The van der Waals surface area contributed by atoms with E-state index in [1.54, 1.807) is 24.3 Å². The molecule has 5 rings (SSSR count). The fraction of sp³-hybridized carbons (Fsp3) is 0.296. The predicted molar refractivity (Wildman–Crippen MR) is 126 cm³/mol. The number of piperidine rings is 1. The number of sulfone groups is 1. The molecule has 2 aliphatic rings. The Bertz CT molecular complexity index is 1200. The summed E-state index contributed by atoms with van der Waals surface area (Å²) < 4.78 is 26.3. The minimum Gasteiger partial charge on any atom is -0.333 e. The first kappa shape index (κ1) is 21.0. The van der Waals surface area contributed by atoms with E-state index in [0.717, 1.165) is 24.0 Å². The summed E-state index contributed by atoms with van der Waals surface area (Å²) in [5.74, 6) is 0.0171. The van der Waals surface area contributed by atoms with Gasteiger partial charge in [0, 0.05) is 17.6 Å². The molecule has 0 N–H and O–H groups in total. The van der Waals surface area contributed by atoms with Crippen molar-refractivity contribution in [3.05, 3.63) is 90.0 Å². The van der Waals surface area contributed by atoms with Crippen LogP contribution in [0, 0.1) is 6.92 Å². The lowest BCUT2D eigenvalue weighted by Crippen LogP contribution is -2.49. The Kier molecular flexibility index (Phi) is 5.38. The molecule has 0 saturated carbocycles. The maximum atomic E-state index is 13.4. The Morgan fingerprint density at radius 1 is 0.781 bits per heavy atom. The van der Waals surface area contributed by atoms with Crippen LogP contribution in [0.2, 0.25) is 0 Å². The summed E-state index contributed by atoms with van der Waals surface area (Å²) in [4.78, 5) is 15.7. The van der Waals surface area contributed by atoms with Gasteiger partial charge in [-0.3, -0.25) is 4.79 Å². The van der Waals surface area contributed by atoms with Crippen molar-refractivity contribution >= 4 is 15.7 Å². The van der Waals surface area contributed by atoms with Gasteiger partial charge < -0.3 is 4.90 Å². The summed E-state index contributed by atoms with van der Waals surface area (Å²) in [5, 5.41) is -0.421. The van der Waals surface area contributed by atoms with E-state index in [1.807, 2.05) is 35.2 Å². The van der Waals surface area contributed by atoms with E-state index in [2.05, 4.69) is 31.2 Å². The van der Waals surface area contributed by atoms with Gasteiger partial charge in [0.1, 0.15) is 0 Å². The molecule has 2 fully saturated rings. The lowest BCUT2D eigenvalue weighted by atomic mass is 9.99. The molecule has 4 nitrogen and oxygen atoms in total. The molecule has 2 heterocycles. The first-order chi connectivity index (χ1) is 15.4. The van der Waals surface area contributed by atoms with E-state index in [0.29, 0.717) is 23.3 Å². The number of carbonyl (C=O) groups is 1. The van der Waals surface area contributed by atoms with Crippen LogP contribution in [0.25, 0.3) is 11.1 Å². The third kappa shape index (κ3) is 3.75. The van der Waals surface area contributed by atoms with Crippen molar-refractivity contribution in [1.29, 1.82) is 0 Å². The molecule has 0 spiro atoms. The summed E-state index contributed by atoms with van der Waals surface area (Å²) in [6.07, 6.45) is 2.78. The molecule has 3 aromatic rings. The molecule has 0 radical (unpaired) electrons. The Hall–Kier alpha value is -2.92.